The molecule has 11 aromatic rings. The highest BCUT2D eigenvalue weighted by atomic mass is 32.1. The van der Waals surface area contributed by atoms with Crippen molar-refractivity contribution in [1.82, 2.24) is 9.97 Å². The van der Waals surface area contributed by atoms with E-state index in [1.54, 1.807) is 0 Å². The topological polar surface area (TPSA) is 25.8 Å². The van der Waals surface area contributed by atoms with Crippen molar-refractivity contribution in [2.45, 2.75) is 0 Å². The number of thiophene rings is 1. The van der Waals surface area contributed by atoms with Crippen molar-refractivity contribution >= 4 is 53.7 Å². The van der Waals surface area contributed by atoms with E-state index in [9.17, 15) is 0 Å². The summed E-state index contributed by atoms with van der Waals surface area (Å²) in [5.74, 6) is 0.695. The number of aromatic nitrogens is 2. The van der Waals surface area contributed by atoms with Crippen molar-refractivity contribution in [3.05, 3.63) is 206 Å². The molecule has 0 saturated heterocycles. The van der Waals surface area contributed by atoms with Gasteiger partial charge in [0.25, 0.3) is 0 Å². The molecule has 57 heavy (non-hydrogen) atoms. The van der Waals surface area contributed by atoms with Crippen LogP contribution in [-0.2, 0) is 0 Å². The Balaban J connectivity index is 1.06. The molecule has 0 radical (unpaired) electrons. The van der Waals surface area contributed by atoms with Crippen molar-refractivity contribution in [2.24, 2.45) is 0 Å². The van der Waals surface area contributed by atoms with Crippen LogP contribution in [0.4, 0.5) is 0 Å². The predicted molar refractivity (Wildman–Crippen MR) is 243 cm³/mol. The van der Waals surface area contributed by atoms with Crippen LogP contribution in [0.5, 0.6) is 0 Å². The second-order valence-electron chi connectivity index (χ2n) is 14.5. The van der Waals surface area contributed by atoms with Crippen LogP contribution in [-0.4, -0.2) is 9.97 Å². The first-order valence-electron chi connectivity index (χ1n) is 19.3. The third-order valence-corrected chi connectivity index (χ3v) is 12.3. The monoisotopic (exact) mass is 742 g/mol. The van der Waals surface area contributed by atoms with Gasteiger partial charge < -0.3 is 0 Å². The number of nitrogens with zero attached hydrogens (tertiary/aromatic N) is 2. The fourth-order valence-corrected chi connectivity index (χ4v) is 9.38. The maximum atomic E-state index is 5.33. The highest BCUT2D eigenvalue weighted by molar-refractivity contribution is 7.22. The summed E-state index contributed by atoms with van der Waals surface area (Å²) < 4.78 is 1.28. The summed E-state index contributed by atoms with van der Waals surface area (Å²) in [5, 5.41) is 8.76. The molecule has 0 aliphatic heterocycles. The summed E-state index contributed by atoms with van der Waals surface area (Å²) in [6.07, 6.45) is 0. The summed E-state index contributed by atoms with van der Waals surface area (Å²) >= 11 is 1.82. The average Bonchev–Trinajstić information content (AvgIpc) is 3.73. The van der Waals surface area contributed by atoms with Crippen LogP contribution in [0.25, 0.3) is 109 Å². The molecule has 2 aromatic heterocycles. The Labute approximate surface area is 335 Å². The molecular weight excluding hydrogens is 709 g/mol. The third kappa shape index (κ3) is 5.97. The minimum absolute atomic E-state index is 0.695. The summed E-state index contributed by atoms with van der Waals surface area (Å²) in [6.45, 7) is 0. The summed E-state index contributed by atoms with van der Waals surface area (Å²) in [7, 11) is 0. The second kappa shape index (κ2) is 13.8. The molecule has 0 amide bonds. The molecule has 0 fully saturated rings. The maximum absolute atomic E-state index is 5.33. The smallest absolute Gasteiger partial charge is 0.160 e. The first-order chi connectivity index (χ1) is 28.2. The van der Waals surface area contributed by atoms with Crippen molar-refractivity contribution in [3.8, 4) is 66.6 Å². The molecule has 0 saturated carbocycles. The molecule has 9 aromatic carbocycles. The fraction of sp³-hybridized carbons (Fsp3) is 0. The maximum Gasteiger partial charge on any atom is 0.160 e. The zero-order chi connectivity index (χ0) is 37.7. The Morgan fingerprint density at radius 1 is 0.316 bits per heavy atom. The molecule has 0 N–H and O–H groups in total. The van der Waals surface area contributed by atoms with Crippen molar-refractivity contribution < 1.29 is 0 Å². The van der Waals surface area contributed by atoms with Gasteiger partial charge in [-0.2, -0.15) is 0 Å². The molecule has 0 unspecified atom stereocenters. The molecule has 0 spiro atoms. The van der Waals surface area contributed by atoms with Gasteiger partial charge in [-0.3, -0.25) is 0 Å². The van der Waals surface area contributed by atoms with E-state index in [4.69, 9.17) is 9.97 Å². The van der Waals surface area contributed by atoms with E-state index in [-0.39, 0.29) is 0 Å². The van der Waals surface area contributed by atoms with E-state index in [0.29, 0.717) is 5.82 Å². The molecule has 0 atom stereocenters. The van der Waals surface area contributed by atoms with E-state index in [2.05, 4.69) is 206 Å². The van der Waals surface area contributed by atoms with Gasteiger partial charge in [0.05, 0.1) is 11.4 Å². The normalized spacial score (nSPS) is 11.5. The summed E-state index contributed by atoms with van der Waals surface area (Å²) in [4.78, 5) is 11.8. The lowest BCUT2D eigenvalue weighted by molar-refractivity contribution is 1.18. The number of hydrogen-bond donors (Lipinski definition) is 0. The highest BCUT2D eigenvalue weighted by Gasteiger charge is 2.17. The number of fused-ring (bicyclic) bond motifs is 5. The van der Waals surface area contributed by atoms with Gasteiger partial charge in [-0.25, -0.2) is 9.97 Å². The molecular formula is C54H34N2S. The lowest BCUT2D eigenvalue weighted by Gasteiger charge is -2.15. The molecule has 2 heterocycles. The summed E-state index contributed by atoms with van der Waals surface area (Å²) in [6, 6.07) is 74.0. The highest BCUT2D eigenvalue weighted by Crippen LogP contribution is 2.42. The molecule has 3 heteroatoms. The van der Waals surface area contributed by atoms with E-state index < -0.39 is 0 Å². The molecule has 11 rings (SSSR count). The number of benzene rings is 9. The molecule has 266 valence electrons. The zero-order valence-electron chi connectivity index (χ0n) is 30.9. The average molecular weight is 743 g/mol. The number of hydrogen-bond acceptors (Lipinski definition) is 3. The first-order valence-corrected chi connectivity index (χ1v) is 20.1. The standard InChI is InChI=1S/C54H34N2S/c1-2-12-35(13-3-1)36-22-24-38(25-23-36)49-34-50(45-19-9-10-20-46(45)52-33-42-16-6-11-21-51(42)57-52)56-54(55-49)40-28-26-39(27-29-40)53-44-18-8-5-15-41(44)32-48-43-17-7-4-14-37(43)30-31-47(48)53/h1-34H. The third-order valence-electron chi connectivity index (χ3n) is 11.1. The van der Waals surface area contributed by atoms with Crippen LogP contribution in [0.1, 0.15) is 0 Å². The Morgan fingerprint density at radius 3 is 1.72 bits per heavy atom. The van der Waals surface area contributed by atoms with Gasteiger partial charge in [0, 0.05) is 31.8 Å². The molecule has 0 bridgehead atoms. The van der Waals surface area contributed by atoms with Crippen LogP contribution in [0, 0.1) is 0 Å². The van der Waals surface area contributed by atoms with Gasteiger partial charge in [-0.1, -0.05) is 182 Å². The minimum Gasteiger partial charge on any atom is -0.228 e. The van der Waals surface area contributed by atoms with Crippen molar-refractivity contribution in [1.29, 1.82) is 0 Å². The largest absolute Gasteiger partial charge is 0.228 e. The molecule has 0 aliphatic rings. The van der Waals surface area contributed by atoms with E-state index >= 15 is 0 Å². The zero-order valence-corrected chi connectivity index (χ0v) is 31.7. The second-order valence-corrected chi connectivity index (χ2v) is 15.6. The Kier molecular flexibility index (Phi) is 8.04. The van der Waals surface area contributed by atoms with E-state index in [0.717, 1.165) is 28.1 Å². The van der Waals surface area contributed by atoms with Gasteiger partial charge >= 0.3 is 0 Å². The Morgan fingerprint density at radius 2 is 0.912 bits per heavy atom. The van der Waals surface area contributed by atoms with Crippen LogP contribution in [0.2, 0.25) is 0 Å². The Bertz CT molecular complexity index is 3240. The first kappa shape index (κ1) is 33.2. The predicted octanol–water partition coefficient (Wildman–Crippen LogP) is 15.2. The van der Waals surface area contributed by atoms with Crippen molar-refractivity contribution in [2.75, 3.05) is 0 Å². The minimum atomic E-state index is 0.695. The van der Waals surface area contributed by atoms with Crippen molar-refractivity contribution in [3.63, 3.8) is 0 Å². The molecule has 0 aliphatic carbocycles. The van der Waals surface area contributed by atoms with Gasteiger partial charge in [-0.15, -0.1) is 11.3 Å². The van der Waals surface area contributed by atoms with Gasteiger partial charge in [0.1, 0.15) is 0 Å². The lowest BCUT2D eigenvalue weighted by atomic mass is 9.89. The van der Waals surface area contributed by atoms with Gasteiger partial charge in [-0.05, 0) is 84.2 Å². The quantitative estimate of drug-likeness (QED) is 0.125. The van der Waals surface area contributed by atoms with E-state index in [1.165, 1.54) is 75.1 Å². The number of rotatable bonds is 6. The lowest BCUT2D eigenvalue weighted by Crippen LogP contribution is -1.97. The Hall–Kier alpha value is -7.20. The van der Waals surface area contributed by atoms with Crippen LogP contribution in [0.3, 0.4) is 0 Å². The van der Waals surface area contributed by atoms with E-state index in [1.807, 2.05) is 11.3 Å². The van der Waals surface area contributed by atoms with Crippen LogP contribution < -0.4 is 0 Å². The summed E-state index contributed by atoms with van der Waals surface area (Å²) in [5.41, 5.74) is 10.8. The van der Waals surface area contributed by atoms with Gasteiger partial charge in [0.2, 0.25) is 0 Å². The van der Waals surface area contributed by atoms with Gasteiger partial charge in [0.15, 0.2) is 5.82 Å². The van der Waals surface area contributed by atoms with Crippen LogP contribution >= 0.6 is 11.3 Å². The molecule has 2 nitrogen and oxygen atoms in total. The fourth-order valence-electron chi connectivity index (χ4n) is 8.28. The van der Waals surface area contributed by atoms with Crippen LogP contribution in [0.15, 0.2) is 206 Å². The SMILES string of the molecule is c1ccc(-c2ccc(-c3cc(-c4ccccc4-c4cc5ccccc5s4)nc(-c4ccc(-c5c6ccccc6cc6c5ccc5ccccc56)cc4)n3)cc2)cc1.